The van der Waals surface area contributed by atoms with Gasteiger partial charge >= 0.3 is 5.97 Å². The van der Waals surface area contributed by atoms with Crippen molar-refractivity contribution in [1.29, 1.82) is 0 Å². The van der Waals surface area contributed by atoms with E-state index in [0.717, 1.165) is 24.2 Å². The van der Waals surface area contributed by atoms with Gasteiger partial charge in [0.25, 0.3) is 0 Å². The molecule has 1 aliphatic carbocycles. The van der Waals surface area contributed by atoms with Gasteiger partial charge in [0.1, 0.15) is 5.82 Å². The Bertz CT molecular complexity index is 377. The fourth-order valence-electron chi connectivity index (χ4n) is 2.04. The number of carbonyl (C=O) groups is 1. The fourth-order valence-corrected chi connectivity index (χ4v) is 3.38. The predicted molar refractivity (Wildman–Crippen MR) is 61.0 cm³/mol. The number of hydrogen-bond donors (Lipinski definition) is 1. The minimum atomic E-state index is -0.711. The standard InChI is InChI=1S/C12H13FO2S/c13-8-4-6-9(7-5-8)16-11-3-1-2-10(11)12(14)15/h4-7,10-11H,1-3H2,(H,14,15). The van der Waals surface area contributed by atoms with Crippen molar-refractivity contribution in [2.24, 2.45) is 5.92 Å². The van der Waals surface area contributed by atoms with Crippen molar-refractivity contribution in [3.05, 3.63) is 30.1 Å². The zero-order valence-electron chi connectivity index (χ0n) is 8.73. The monoisotopic (exact) mass is 240 g/mol. The molecule has 86 valence electrons. The topological polar surface area (TPSA) is 37.3 Å². The Balaban J connectivity index is 2.03. The highest BCUT2D eigenvalue weighted by molar-refractivity contribution is 8.00. The molecule has 4 heteroatoms. The van der Waals surface area contributed by atoms with Crippen LogP contribution in [0.25, 0.3) is 0 Å². The van der Waals surface area contributed by atoms with E-state index < -0.39 is 5.97 Å². The summed E-state index contributed by atoms with van der Waals surface area (Å²) in [5.41, 5.74) is 0. The van der Waals surface area contributed by atoms with E-state index in [9.17, 15) is 9.18 Å². The van der Waals surface area contributed by atoms with Crippen molar-refractivity contribution in [3.8, 4) is 0 Å². The predicted octanol–water partition coefficient (Wildman–Crippen LogP) is 3.17. The maximum atomic E-state index is 12.7. The molecule has 2 rings (SSSR count). The second-order valence-corrected chi connectivity index (χ2v) is 5.30. The van der Waals surface area contributed by atoms with Gasteiger partial charge in [0, 0.05) is 10.1 Å². The SMILES string of the molecule is O=C(O)C1CCCC1Sc1ccc(F)cc1. The summed E-state index contributed by atoms with van der Waals surface area (Å²) < 4.78 is 12.7. The van der Waals surface area contributed by atoms with Crippen molar-refractivity contribution >= 4 is 17.7 Å². The summed E-state index contributed by atoms with van der Waals surface area (Å²) in [7, 11) is 0. The van der Waals surface area contributed by atoms with Crippen LogP contribution in [0.2, 0.25) is 0 Å². The summed E-state index contributed by atoms with van der Waals surface area (Å²) in [5, 5.41) is 9.16. The summed E-state index contributed by atoms with van der Waals surface area (Å²) >= 11 is 1.55. The van der Waals surface area contributed by atoms with Gasteiger partial charge in [0.05, 0.1) is 5.92 Å². The average Bonchev–Trinajstić information content (AvgIpc) is 2.69. The number of aliphatic carboxylic acids is 1. The molecule has 0 radical (unpaired) electrons. The summed E-state index contributed by atoms with van der Waals surface area (Å²) in [6.07, 6.45) is 2.66. The minimum Gasteiger partial charge on any atom is -0.481 e. The number of carboxylic acid groups (broad SMARTS) is 1. The first-order valence-electron chi connectivity index (χ1n) is 5.32. The molecular weight excluding hydrogens is 227 g/mol. The van der Waals surface area contributed by atoms with Gasteiger partial charge in [-0.25, -0.2) is 4.39 Å². The Morgan fingerprint density at radius 1 is 1.31 bits per heavy atom. The van der Waals surface area contributed by atoms with E-state index >= 15 is 0 Å². The maximum absolute atomic E-state index is 12.7. The quantitative estimate of drug-likeness (QED) is 0.881. The molecule has 0 aromatic heterocycles. The lowest BCUT2D eigenvalue weighted by Crippen LogP contribution is -2.19. The maximum Gasteiger partial charge on any atom is 0.307 e. The molecule has 2 nitrogen and oxygen atoms in total. The van der Waals surface area contributed by atoms with E-state index in [-0.39, 0.29) is 17.0 Å². The van der Waals surface area contributed by atoms with Gasteiger partial charge in [-0.05, 0) is 37.1 Å². The smallest absolute Gasteiger partial charge is 0.307 e. The molecule has 1 fully saturated rings. The highest BCUT2D eigenvalue weighted by Crippen LogP contribution is 2.39. The van der Waals surface area contributed by atoms with Crippen LogP contribution in [0.1, 0.15) is 19.3 Å². The zero-order chi connectivity index (χ0) is 11.5. The number of hydrogen-bond acceptors (Lipinski definition) is 2. The van der Waals surface area contributed by atoms with Crippen molar-refractivity contribution in [2.45, 2.75) is 29.4 Å². The van der Waals surface area contributed by atoms with Gasteiger partial charge in [-0.15, -0.1) is 11.8 Å². The van der Waals surface area contributed by atoms with Crippen LogP contribution in [0.5, 0.6) is 0 Å². The van der Waals surface area contributed by atoms with Gasteiger partial charge in [-0.3, -0.25) is 4.79 Å². The number of halogens is 1. The molecule has 0 bridgehead atoms. The molecule has 1 aliphatic rings. The summed E-state index contributed by atoms with van der Waals surface area (Å²) in [6, 6.07) is 6.23. The van der Waals surface area contributed by atoms with Crippen LogP contribution >= 0.6 is 11.8 Å². The molecule has 0 amide bonds. The fraction of sp³-hybridized carbons (Fsp3) is 0.417. The third kappa shape index (κ3) is 2.55. The Morgan fingerprint density at radius 2 is 2.00 bits per heavy atom. The molecule has 2 atom stereocenters. The molecule has 16 heavy (non-hydrogen) atoms. The summed E-state index contributed by atoms with van der Waals surface area (Å²) in [6.45, 7) is 0. The highest BCUT2D eigenvalue weighted by Gasteiger charge is 2.33. The molecule has 0 saturated heterocycles. The lowest BCUT2D eigenvalue weighted by atomic mass is 10.1. The van der Waals surface area contributed by atoms with E-state index in [4.69, 9.17) is 5.11 Å². The van der Waals surface area contributed by atoms with E-state index in [2.05, 4.69) is 0 Å². The van der Waals surface area contributed by atoms with E-state index in [0.29, 0.717) is 0 Å². The molecule has 0 aliphatic heterocycles. The van der Waals surface area contributed by atoms with Crippen molar-refractivity contribution in [3.63, 3.8) is 0 Å². The Morgan fingerprint density at radius 3 is 2.62 bits per heavy atom. The largest absolute Gasteiger partial charge is 0.481 e. The number of carboxylic acids is 1. The van der Waals surface area contributed by atoms with Gasteiger partial charge in [-0.2, -0.15) is 0 Å². The normalized spacial score (nSPS) is 24.6. The Kier molecular flexibility index (Phi) is 3.49. The van der Waals surface area contributed by atoms with Gasteiger partial charge < -0.3 is 5.11 Å². The van der Waals surface area contributed by atoms with Crippen molar-refractivity contribution in [1.82, 2.24) is 0 Å². The molecule has 0 heterocycles. The van der Waals surface area contributed by atoms with Crippen molar-refractivity contribution in [2.75, 3.05) is 0 Å². The highest BCUT2D eigenvalue weighted by atomic mass is 32.2. The van der Waals surface area contributed by atoms with Gasteiger partial charge in [0.2, 0.25) is 0 Å². The lowest BCUT2D eigenvalue weighted by molar-refractivity contribution is -0.141. The van der Waals surface area contributed by atoms with E-state index in [1.807, 2.05) is 0 Å². The van der Waals surface area contributed by atoms with Crippen LogP contribution in [0.15, 0.2) is 29.2 Å². The van der Waals surface area contributed by atoms with Crippen LogP contribution < -0.4 is 0 Å². The van der Waals surface area contributed by atoms with E-state index in [1.165, 1.54) is 12.1 Å². The van der Waals surface area contributed by atoms with E-state index in [1.54, 1.807) is 23.9 Å². The van der Waals surface area contributed by atoms with Crippen LogP contribution in [-0.4, -0.2) is 16.3 Å². The van der Waals surface area contributed by atoms with Gasteiger partial charge in [0.15, 0.2) is 0 Å². The van der Waals surface area contributed by atoms with Crippen LogP contribution in [0.3, 0.4) is 0 Å². The number of thioether (sulfide) groups is 1. The summed E-state index contributed by atoms with van der Waals surface area (Å²) in [5.74, 6) is -1.22. The first-order valence-corrected chi connectivity index (χ1v) is 6.20. The molecule has 1 N–H and O–H groups in total. The molecule has 1 saturated carbocycles. The lowest BCUT2D eigenvalue weighted by Gasteiger charge is -2.14. The third-order valence-corrected chi connectivity index (χ3v) is 4.28. The molecule has 0 spiro atoms. The first kappa shape index (κ1) is 11.5. The molecule has 1 aromatic carbocycles. The van der Waals surface area contributed by atoms with Crippen LogP contribution in [0, 0.1) is 11.7 Å². The first-order chi connectivity index (χ1) is 7.66. The van der Waals surface area contributed by atoms with Crippen molar-refractivity contribution < 1.29 is 14.3 Å². The Hall–Kier alpha value is -1.03. The Labute approximate surface area is 97.9 Å². The van der Waals surface area contributed by atoms with Crippen LogP contribution in [-0.2, 0) is 4.79 Å². The van der Waals surface area contributed by atoms with Crippen LogP contribution in [0.4, 0.5) is 4.39 Å². The summed E-state index contributed by atoms with van der Waals surface area (Å²) in [4.78, 5) is 11.9. The molecule has 2 unspecified atom stereocenters. The second kappa shape index (κ2) is 4.87. The molecule has 1 aromatic rings. The minimum absolute atomic E-state index is 0.128. The third-order valence-electron chi connectivity index (χ3n) is 2.87. The van der Waals surface area contributed by atoms with Gasteiger partial charge in [-0.1, -0.05) is 6.42 Å². The number of rotatable bonds is 3. The average molecular weight is 240 g/mol. The number of benzene rings is 1. The zero-order valence-corrected chi connectivity index (χ0v) is 9.54. The molecular formula is C12H13FO2S. The second-order valence-electron chi connectivity index (χ2n) is 3.99.